The topological polar surface area (TPSA) is 53.2 Å². The number of anilines is 2. The van der Waals surface area contributed by atoms with E-state index in [-0.39, 0.29) is 6.03 Å². The second-order valence-electron chi connectivity index (χ2n) is 4.90. The molecule has 1 aromatic rings. The molecular formula is C14H21N3O. The summed E-state index contributed by atoms with van der Waals surface area (Å²) in [5.41, 5.74) is 1.90. The number of carbonyl (C=O) groups excluding carboxylic acids is 1. The number of amides is 2. The van der Waals surface area contributed by atoms with Gasteiger partial charge in [0.1, 0.15) is 0 Å². The third-order valence-electron chi connectivity index (χ3n) is 3.08. The molecule has 0 radical (unpaired) electrons. The lowest BCUT2D eigenvalue weighted by Gasteiger charge is -2.13. The minimum atomic E-state index is -0.111. The van der Waals surface area contributed by atoms with Gasteiger partial charge in [-0.15, -0.1) is 0 Å². The van der Waals surface area contributed by atoms with Crippen LogP contribution in [0.25, 0.3) is 0 Å². The molecule has 98 valence electrons. The fourth-order valence-corrected chi connectivity index (χ4v) is 1.62. The fourth-order valence-electron chi connectivity index (χ4n) is 1.62. The van der Waals surface area contributed by atoms with Gasteiger partial charge >= 0.3 is 6.03 Å². The quantitative estimate of drug-likeness (QED) is 0.748. The molecule has 0 aromatic heterocycles. The van der Waals surface area contributed by atoms with Crippen molar-refractivity contribution in [1.82, 2.24) is 5.32 Å². The van der Waals surface area contributed by atoms with Gasteiger partial charge < -0.3 is 16.0 Å². The largest absolute Gasteiger partial charge is 0.383 e. The zero-order valence-corrected chi connectivity index (χ0v) is 11.0. The van der Waals surface area contributed by atoms with E-state index in [4.69, 9.17) is 0 Å². The average Bonchev–Trinajstić information content (AvgIpc) is 3.15. The predicted molar refractivity (Wildman–Crippen MR) is 75.0 cm³/mol. The second-order valence-corrected chi connectivity index (χ2v) is 4.90. The summed E-state index contributed by atoms with van der Waals surface area (Å²) in [5.74, 6) is 0. The summed E-state index contributed by atoms with van der Waals surface area (Å²) in [6.45, 7) is 4.30. The van der Waals surface area contributed by atoms with E-state index >= 15 is 0 Å². The molecule has 3 N–H and O–H groups in total. The Bertz CT molecular complexity index is 398. The number of hydrogen-bond acceptors (Lipinski definition) is 2. The molecule has 0 spiro atoms. The summed E-state index contributed by atoms with van der Waals surface area (Å²) >= 11 is 0. The summed E-state index contributed by atoms with van der Waals surface area (Å²) < 4.78 is 0. The number of urea groups is 1. The van der Waals surface area contributed by atoms with E-state index in [1.807, 2.05) is 24.3 Å². The molecule has 1 saturated carbocycles. The highest BCUT2D eigenvalue weighted by Gasteiger charge is 2.23. The maximum atomic E-state index is 11.5. The van der Waals surface area contributed by atoms with Crippen LogP contribution in [-0.2, 0) is 0 Å². The zero-order chi connectivity index (χ0) is 13.0. The lowest BCUT2D eigenvalue weighted by Crippen LogP contribution is -2.30. The standard InChI is InChI=1S/C14H21N3O/c1-3-10(2)15-11-4-6-12(7-5-11)16-14(18)17-13-8-9-13/h4-7,10,13,15H,3,8-9H2,1-2H3,(H2,16,17,18). The van der Waals surface area contributed by atoms with Gasteiger partial charge in [-0.25, -0.2) is 4.79 Å². The molecule has 1 aromatic carbocycles. The third kappa shape index (κ3) is 3.95. The first-order valence-corrected chi connectivity index (χ1v) is 6.61. The molecule has 1 unspecified atom stereocenters. The first-order valence-electron chi connectivity index (χ1n) is 6.61. The lowest BCUT2D eigenvalue weighted by molar-refractivity contribution is 0.251. The van der Waals surface area contributed by atoms with Gasteiger partial charge in [0.15, 0.2) is 0 Å². The summed E-state index contributed by atoms with van der Waals surface area (Å²) in [5, 5.41) is 9.11. The third-order valence-corrected chi connectivity index (χ3v) is 3.08. The maximum Gasteiger partial charge on any atom is 0.319 e. The van der Waals surface area contributed by atoms with Gasteiger partial charge in [0.25, 0.3) is 0 Å². The Labute approximate surface area is 108 Å². The Balaban J connectivity index is 1.84. The van der Waals surface area contributed by atoms with E-state index in [1.165, 1.54) is 0 Å². The van der Waals surface area contributed by atoms with Crippen LogP contribution in [0.4, 0.5) is 16.2 Å². The van der Waals surface area contributed by atoms with Crippen LogP contribution < -0.4 is 16.0 Å². The minimum Gasteiger partial charge on any atom is -0.383 e. The van der Waals surface area contributed by atoms with E-state index in [0.717, 1.165) is 30.6 Å². The summed E-state index contributed by atoms with van der Waals surface area (Å²) in [7, 11) is 0. The number of carbonyl (C=O) groups is 1. The van der Waals surface area contributed by atoms with Crippen LogP contribution in [0.1, 0.15) is 33.1 Å². The predicted octanol–water partition coefficient (Wildman–Crippen LogP) is 3.18. The molecule has 1 aliphatic carbocycles. The van der Waals surface area contributed by atoms with Gasteiger partial charge in [-0.2, -0.15) is 0 Å². The van der Waals surface area contributed by atoms with Crippen molar-refractivity contribution in [2.24, 2.45) is 0 Å². The molecule has 4 nitrogen and oxygen atoms in total. The van der Waals surface area contributed by atoms with Crippen molar-refractivity contribution in [2.75, 3.05) is 10.6 Å². The summed E-state index contributed by atoms with van der Waals surface area (Å²) in [6.07, 6.45) is 3.29. The first-order chi connectivity index (χ1) is 8.67. The van der Waals surface area contributed by atoms with E-state index in [1.54, 1.807) is 0 Å². The van der Waals surface area contributed by atoms with Crippen LogP contribution in [0.3, 0.4) is 0 Å². The maximum absolute atomic E-state index is 11.5. The molecule has 2 amide bonds. The first kappa shape index (κ1) is 12.7. The van der Waals surface area contributed by atoms with Crippen molar-refractivity contribution < 1.29 is 4.79 Å². The van der Waals surface area contributed by atoms with Crippen LogP contribution >= 0.6 is 0 Å². The minimum absolute atomic E-state index is 0.111. The highest BCUT2D eigenvalue weighted by Crippen LogP contribution is 2.19. The van der Waals surface area contributed by atoms with Crippen LogP contribution in [0, 0.1) is 0 Å². The van der Waals surface area contributed by atoms with Crippen molar-refractivity contribution in [3.8, 4) is 0 Å². The van der Waals surface area contributed by atoms with E-state index < -0.39 is 0 Å². The van der Waals surface area contributed by atoms with Crippen LogP contribution in [0.5, 0.6) is 0 Å². The highest BCUT2D eigenvalue weighted by molar-refractivity contribution is 5.89. The number of nitrogens with one attached hydrogen (secondary N) is 3. The molecule has 1 atom stereocenters. The molecule has 1 aliphatic rings. The summed E-state index contributed by atoms with van der Waals surface area (Å²) in [6, 6.07) is 8.53. The van der Waals surface area contributed by atoms with E-state index in [0.29, 0.717) is 12.1 Å². The average molecular weight is 247 g/mol. The zero-order valence-electron chi connectivity index (χ0n) is 11.0. The molecular weight excluding hydrogens is 226 g/mol. The van der Waals surface area contributed by atoms with Gasteiger partial charge in [0, 0.05) is 23.5 Å². The van der Waals surface area contributed by atoms with E-state index in [9.17, 15) is 4.79 Å². The van der Waals surface area contributed by atoms with E-state index in [2.05, 4.69) is 29.8 Å². The van der Waals surface area contributed by atoms with Crippen molar-refractivity contribution in [3.05, 3.63) is 24.3 Å². The molecule has 1 fully saturated rings. The van der Waals surface area contributed by atoms with Gasteiger partial charge in [0.05, 0.1) is 0 Å². The van der Waals surface area contributed by atoms with Crippen molar-refractivity contribution in [2.45, 2.75) is 45.2 Å². The smallest absolute Gasteiger partial charge is 0.319 e. The molecule has 18 heavy (non-hydrogen) atoms. The van der Waals surface area contributed by atoms with Gasteiger partial charge in [-0.05, 0) is 50.5 Å². The van der Waals surface area contributed by atoms with Crippen molar-refractivity contribution in [1.29, 1.82) is 0 Å². The molecule has 0 heterocycles. The molecule has 4 heteroatoms. The van der Waals surface area contributed by atoms with Gasteiger partial charge in [0.2, 0.25) is 0 Å². The Morgan fingerprint density at radius 2 is 1.89 bits per heavy atom. The lowest BCUT2D eigenvalue weighted by atomic mass is 10.2. The van der Waals surface area contributed by atoms with Crippen LogP contribution in [0.15, 0.2) is 24.3 Å². The Kier molecular flexibility index (Phi) is 4.07. The number of hydrogen-bond donors (Lipinski definition) is 3. The summed E-state index contributed by atoms with van der Waals surface area (Å²) in [4.78, 5) is 11.5. The Morgan fingerprint density at radius 3 is 2.44 bits per heavy atom. The number of rotatable bonds is 5. The molecule has 0 aliphatic heterocycles. The SMILES string of the molecule is CCC(C)Nc1ccc(NC(=O)NC2CC2)cc1. The van der Waals surface area contributed by atoms with Crippen molar-refractivity contribution in [3.63, 3.8) is 0 Å². The molecule has 0 bridgehead atoms. The second kappa shape index (κ2) is 5.76. The highest BCUT2D eigenvalue weighted by atomic mass is 16.2. The molecule has 2 rings (SSSR count). The van der Waals surface area contributed by atoms with Crippen LogP contribution in [0.2, 0.25) is 0 Å². The normalized spacial score (nSPS) is 15.9. The Morgan fingerprint density at radius 1 is 1.28 bits per heavy atom. The number of benzene rings is 1. The Hall–Kier alpha value is -1.71. The molecule has 0 saturated heterocycles. The van der Waals surface area contributed by atoms with Gasteiger partial charge in [-0.1, -0.05) is 6.92 Å². The monoisotopic (exact) mass is 247 g/mol. The van der Waals surface area contributed by atoms with Crippen LogP contribution in [-0.4, -0.2) is 18.1 Å². The van der Waals surface area contributed by atoms with Crippen molar-refractivity contribution >= 4 is 17.4 Å². The fraction of sp³-hybridized carbons (Fsp3) is 0.500. The van der Waals surface area contributed by atoms with Gasteiger partial charge in [-0.3, -0.25) is 0 Å².